The van der Waals surface area contributed by atoms with Crippen molar-refractivity contribution < 1.29 is 13.2 Å². The minimum absolute atomic E-state index is 0.0791. The van der Waals surface area contributed by atoms with Gasteiger partial charge in [0.25, 0.3) is 0 Å². The number of hydrogen-bond acceptors (Lipinski definition) is 7. The van der Waals surface area contributed by atoms with Crippen molar-refractivity contribution in [3.8, 4) is 0 Å². The number of hydrogen-bond donors (Lipinski definition) is 2. The van der Waals surface area contributed by atoms with E-state index in [-0.39, 0.29) is 17.2 Å². The van der Waals surface area contributed by atoms with Crippen LogP contribution in [0, 0.1) is 6.92 Å². The van der Waals surface area contributed by atoms with Gasteiger partial charge in [-0.2, -0.15) is 0 Å². The van der Waals surface area contributed by atoms with E-state index in [0.29, 0.717) is 23.8 Å². The molecule has 3 rings (SSSR count). The van der Waals surface area contributed by atoms with Gasteiger partial charge in [-0.15, -0.1) is 0 Å². The summed E-state index contributed by atoms with van der Waals surface area (Å²) in [6.45, 7) is 5.81. The highest BCUT2D eigenvalue weighted by Gasteiger charge is 2.16. The molecule has 8 nitrogen and oxygen atoms in total. The molecule has 2 aromatic rings. The number of aryl methyl sites for hydroxylation is 1. The quantitative estimate of drug-likeness (QED) is 0.502. The van der Waals surface area contributed by atoms with Crippen molar-refractivity contribution >= 4 is 27.4 Å². The van der Waals surface area contributed by atoms with Crippen molar-refractivity contribution in [2.24, 2.45) is 0 Å². The number of piperidine rings is 1. The van der Waals surface area contributed by atoms with E-state index in [1.54, 1.807) is 12.1 Å². The third-order valence-corrected chi connectivity index (χ3v) is 6.24. The third kappa shape index (κ3) is 5.74. The van der Waals surface area contributed by atoms with Crippen molar-refractivity contribution in [1.82, 2.24) is 14.7 Å². The standard InChI is InChI=1S/C20H27N5O3S/c1-15(26)17-7-6-8-18(13-17)29(27,28)22-10-9-21-19-14-20(24-16(2)23-19)25-11-4-3-5-12-25/h6-8,13-14,22H,3-5,9-12H2,1-2H3,(H,21,23,24). The fraction of sp³-hybridized carbons (Fsp3) is 0.450. The van der Waals surface area contributed by atoms with Crippen LogP contribution in [0.5, 0.6) is 0 Å². The maximum absolute atomic E-state index is 12.5. The van der Waals surface area contributed by atoms with Gasteiger partial charge in [-0.3, -0.25) is 4.79 Å². The Morgan fingerprint density at radius 2 is 1.86 bits per heavy atom. The second-order valence-electron chi connectivity index (χ2n) is 7.11. The zero-order valence-electron chi connectivity index (χ0n) is 16.8. The number of Topliss-reactive ketones (excluding diaryl/α,β-unsaturated/α-hetero) is 1. The third-order valence-electron chi connectivity index (χ3n) is 4.78. The molecule has 1 saturated heterocycles. The Morgan fingerprint density at radius 1 is 1.10 bits per heavy atom. The van der Waals surface area contributed by atoms with Crippen LogP contribution in [-0.2, 0) is 10.0 Å². The van der Waals surface area contributed by atoms with Gasteiger partial charge in [0.15, 0.2) is 5.78 Å². The smallest absolute Gasteiger partial charge is 0.240 e. The average molecular weight is 418 g/mol. The van der Waals surface area contributed by atoms with Crippen LogP contribution in [0.3, 0.4) is 0 Å². The number of nitrogens with zero attached hydrogens (tertiary/aromatic N) is 3. The number of ketones is 1. The zero-order chi connectivity index (χ0) is 20.9. The number of anilines is 2. The Hall–Kier alpha value is -2.52. The molecule has 1 aliphatic heterocycles. The molecular formula is C20H27N5O3S. The fourth-order valence-electron chi connectivity index (χ4n) is 3.27. The SMILES string of the molecule is CC(=O)c1cccc(S(=O)(=O)NCCNc2cc(N3CCCCC3)nc(C)n2)c1. The van der Waals surface area contributed by atoms with Crippen LogP contribution >= 0.6 is 0 Å². The molecule has 0 amide bonds. The van der Waals surface area contributed by atoms with Crippen molar-refractivity contribution in [1.29, 1.82) is 0 Å². The van der Waals surface area contributed by atoms with Gasteiger partial charge in [0, 0.05) is 37.8 Å². The van der Waals surface area contributed by atoms with Crippen LogP contribution in [0.2, 0.25) is 0 Å². The maximum atomic E-state index is 12.5. The number of nitrogens with one attached hydrogen (secondary N) is 2. The number of carbonyl (C=O) groups is 1. The molecule has 0 spiro atoms. The molecule has 0 aliphatic carbocycles. The zero-order valence-corrected chi connectivity index (χ0v) is 17.6. The van der Waals surface area contributed by atoms with E-state index in [0.717, 1.165) is 18.9 Å². The number of aromatic nitrogens is 2. The van der Waals surface area contributed by atoms with Crippen LogP contribution in [-0.4, -0.2) is 50.3 Å². The van der Waals surface area contributed by atoms with Crippen LogP contribution in [0.15, 0.2) is 35.2 Å². The molecule has 2 N–H and O–H groups in total. The molecule has 0 atom stereocenters. The molecule has 1 aromatic heterocycles. The summed E-state index contributed by atoms with van der Waals surface area (Å²) < 4.78 is 27.5. The normalized spacial score (nSPS) is 14.6. The number of carbonyl (C=O) groups excluding carboxylic acids is 1. The predicted octanol–water partition coefficient (Wildman–Crippen LogP) is 2.37. The van der Waals surface area contributed by atoms with Crippen LogP contribution in [0.25, 0.3) is 0 Å². The van der Waals surface area contributed by atoms with Crippen LogP contribution in [0.4, 0.5) is 11.6 Å². The first-order chi connectivity index (χ1) is 13.8. The Bertz CT molecular complexity index is 972. The highest BCUT2D eigenvalue weighted by molar-refractivity contribution is 7.89. The summed E-state index contributed by atoms with van der Waals surface area (Å²) in [6, 6.07) is 7.93. The molecule has 0 bridgehead atoms. The summed E-state index contributed by atoms with van der Waals surface area (Å²) in [7, 11) is -3.69. The number of rotatable bonds is 8. The molecule has 29 heavy (non-hydrogen) atoms. The topological polar surface area (TPSA) is 104 Å². The van der Waals surface area contributed by atoms with Crippen LogP contribution in [0.1, 0.15) is 42.4 Å². The lowest BCUT2D eigenvalue weighted by atomic mass is 10.1. The fourth-order valence-corrected chi connectivity index (χ4v) is 4.35. The van der Waals surface area contributed by atoms with Crippen LogP contribution < -0.4 is 14.9 Å². The monoisotopic (exact) mass is 417 g/mol. The molecular weight excluding hydrogens is 390 g/mol. The molecule has 0 radical (unpaired) electrons. The number of sulfonamides is 1. The average Bonchev–Trinajstić information content (AvgIpc) is 2.71. The molecule has 1 aromatic carbocycles. The summed E-state index contributed by atoms with van der Waals surface area (Å²) in [5.74, 6) is 2.08. The highest BCUT2D eigenvalue weighted by Crippen LogP contribution is 2.20. The Balaban J connectivity index is 1.58. The highest BCUT2D eigenvalue weighted by atomic mass is 32.2. The molecule has 1 aliphatic rings. The lowest BCUT2D eigenvalue weighted by molar-refractivity contribution is 0.101. The van der Waals surface area contributed by atoms with Gasteiger partial charge in [-0.05, 0) is 45.2 Å². The molecule has 0 saturated carbocycles. The van der Waals surface area contributed by atoms with Gasteiger partial charge in [0.2, 0.25) is 10.0 Å². The van der Waals surface area contributed by atoms with E-state index >= 15 is 0 Å². The summed E-state index contributed by atoms with van der Waals surface area (Å²) >= 11 is 0. The first-order valence-corrected chi connectivity index (χ1v) is 11.3. The first kappa shape index (κ1) is 21.2. The summed E-state index contributed by atoms with van der Waals surface area (Å²) in [6.07, 6.45) is 3.58. The van der Waals surface area contributed by atoms with E-state index in [1.807, 2.05) is 13.0 Å². The Kier molecular flexibility index (Phi) is 6.81. The maximum Gasteiger partial charge on any atom is 0.240 e. The van der Waals surface area contributed by atoms with E-state index < -0.39 is 10.0 Å². The number of benzene rings is 1. The minimum atomic E-state index is -3.69. The van der Waals surface area contributed by atoms with Gasteiger partial charge in [0.1, 0.15) is 17.5 Å². The van der Waals surface area contributed by atoms with Gasteiger partial charge in [-0.25, -0.2) is 23.1 Å². The van der Waals surface area contributed by atoms with E-state index in [9.17, 15) is 13.2 Å². The lowest BCUT2D eigenvalue weighted by Gasteiger charge is -2.28. The van der Waals surface area contributed by atoms with Gasteiger partial charge < -0.3 is 10.2 Å². The summed E-state index contributed by atoms with van der Waals surface area (Å²) in [5.41, 5.74) is 0.368. The van der Waals surface area contributed by atoms with Gasteiger partial charge in [-0.1, -0.05) is 12.1 Å². The van der Waals surface area contributed by atoms with Crippen molar-refractivity contribution in [3.63, 3.8) is 0 Å². The predicted molar refractivity (Wildman–Crippen MR) is 113 cm³/mol. The summed E-state index contributed by atoms with van der Waals surface area (Å²) in [4.78, 5) is 22.7. The molecule has 0 unspecified atom stereocenters. The Labute approximate surface area is 171 Å². The van der Waals surface area contributed by atoms with Gasteiger partial charge >= 0.3 is 0 Å². The van der Waals surface area contributed by atoms with E-state index in [4.69, 9.17) is 0 Å². The second kappa shape index (κ2) is 9.32. The van der Waals surface area contributed by atoms with Crippen molar-refractivity contribution in [3.05, 3.63) is 41.7 Å². The first-order valence-electron chi connectivity index (χ1n) is 9.80. The molecule has 1 fully saturated rings. The molecule has 2 heterocycles. The molecule has 156 valence electrons. The minimum Gasteiger partial charge on any atom is -0.369 e. The van der Waals surface area contributed by atoms with E-state index in [1.165, 1.54) is 38.3 Å². The van der Waals surface area contributed by atoms with Crippen molar-refractivity contribution in [2.45, 2.75) is 38.0 Å². The summed E-state index contributed by atoms with van der Waals surface area (Å²) in [5, 5.41) is 3.16. The Morgan fingerprint density at radius 3 is 2.59 bits per heavy atom. The largest absolute Gasteiger partial charge is 0.369 e. The lowest BCUT2D eigenvalue weighted by Crippen LogP contribution is -2.31. The molecule has 9 heteroatoms. The second-order valence-corrected chi connectivity index (χ2v) is 8.88. The van der Waals surface area contributed by atoms with E-state index in [2.05, 4.69) is 24.9 Å². The van der Waals surface area contributed by atoms with Gasteiger partial charge in [0.05, 0.1) is 4.90 Å². The van der Waals surface area contributed by atoms with Crippen molar-refractivity contribution in [2.75, 3.05) is 36.4 Å².